The Kier molecular flexibility index (Phi) is 7.17. The summed E-state index contributed by atoms with van der Waals surface area (Å²) in [5, 5.41) is 0. The summed E-state index contributed by atoms with van der Waals surface area (Å²) < 4.78 is 33.1. The first-order chi connectivity index (χ1) is 11.1. The van der Waals surface area contributed by atoms with Crippen LogP contribution in [-0.2, 0) is 19.6 Å². The molecule has 1 aromatic carbocycles. The van der Waals surface area contributed by atoms with Gasteiger partial charge in [-0.2, -0.15) is 0 Å². The van der Waals surface area contributed by atoms with Gasteiger partial charge in [0.15, 0.2) is 0 Å². The third-order valence-corrected chi connectivity index (χ3v) is 5.37. The van der Waals surface area contributed by atoms with Gasteiger partial charge in [0.2, 0.25) is 10.0 Å². The van der Waals surface area contributed by atoms with Crippen molar-refractivity contribution in [3.05, 3.63) is 41.0 Å². The Labute approximate surface area is 145 Å². The maximum Gasteiger partial charge on any atom is 0.330 e. The number of hydrogen-bond acceptors (Lipinski definition) is 4. The van der Waals surface area contributed by atoms with E-state index in [2.05, 4.69) is 4.72 Å². The van der Waals surface area contributed by atoms with Crippen molar-refractivity contribution in [2.24, 2.45) is 5.92 Å². The number of carbonyl (C=O) groups excluding carboxylic acids is 1. The highest BCUT2D eigenvalue weighted by molar-refractivity contribution is 7.89. The fourth-order valence-corrected chi connectivity index (χ4v) is 4.39. The summed E-state index contributed by atoms with van der Waals surface area (Å²) in [6.45, 7) is 11.3. The first-order valence-corrected chi connectivity index (χ1v) is 9.52. The molecule has 1 N–H and O–H groups in total. The van der Waals surface area contributed by atoms with Crippen molar-refractivity contribution < 1.29 is 17.9 Å². The maximum absolute atomic E-state index is 12.8. The number of nitrogens with one attached hydrogen (secondary N) is 1. The molecule has 1 aromatic rings. The van der Waals surface area contributed by atoms with Gasteiger partial charge in [-0.25, -0.2) is 17.9 Å². The summed E-state index contributed by atoms with van der Waals surface area (Å²) in [6.07, 6.45) is 2.81. The van der Waals surface area contributed by atoms with Crippen LogP contribution in [0.4, 0.5) is 0 Å². The summed E-state index contributed by atoms with van der Waals surface area (Å²) in [4.78, 5) is 11.8. The van der Waals surface area contributed by atoms with Gasteiger partial charge in [0.1, 0.15) is 0 Å². The van der Waals surface area contributed by atoms with E-state index in [-0.39, 0.29) is 12.5 Å². The molecule has 0 aliphatic heterocycles. The predicted molar refractivity (Wildman–Crippen MR) is 95.4 cm³/mol. The molecule has 0 radical (unpaired) electrons. The lowest BCUT2D eigenvalue weighted by atomic mass is 10.1. The summed E-state index contributed by atoms with van der Waals surface area (Å²) in [5.74, 6) is -0.499. The van der Waals surface area contributed by atoms with E-state index in [9.17, 15) is 13.2 Å². The van der Waals surface area contributed by atoms with Crippen molar-refractivity contribution in [2.75, 3.05) is 6.61 Å². The van der Waals surface area contributed by atoms with E-state index in [4.69, 9.17) is 4.74 Å². The second-order valence-corrected chi connectivity index (χ2v) is 7.88. The third-order valence-electron chi connectivity index (χ3n) is 3.61. The number of esters is 1. The van der Waals surface area contributed by atoms with Crippen LogP contribution < -0.4 is 4.72 Å². The number of benzene rings is 1. The first kappa shape index (κ1) is 20.4. The quantitative estimate of drug-likeness (QED) is 0.604. The molecule has 0 fully saturated rings. The molecule has 0 aliphatic carbocycles. The molecule has 0 aliphatic rings. The van der Waals surface area contributed by atoms with Gasteiger partial charge in [0.05, 0.1) is 11.5 Å². The SMILES string of the molecule is CCOC(=O)/C=C\C(NS(=O)(=O)c1c(C)cc(C)cc1C)C(C)C. The third kappa shape index (κ3) is 5.46. The fraction of sp³-hybridized carbons (Fsp3) is 0.500. The molecule has 5 nitrogen and oxygen atoms in total. The second-order valence-electron chi connectivity index (χ2n) is 6.23. The number of sulfonamides is 1. The average Bonchev–Trinajstić information content (AvgIpc) is 2.41. The Morgan fingerprint density at radius 1 is 1.21 bits per heavy atom. The molecule has 1 unspecified atom stereocenters. The van der Waals surface area contributed by atoms with E-state index < -0.39 is 22.0 Å². The Morgan fingerprint density at radius 2 is 1.75 bits per heavy atom. The highest BCUT2D eigenvalue weighted by atomic mass is 32.2. The normalized spacial score (nSPS) is 13.5. The number of aryl methyl sites for hydroxylation is 3. The summed E-state index contributed by atoms with van der Waals surface area (Å²) in [7, 11) is -3.70. The molecule has 1 rings (SSSR count). The topological polar surface area (TPSA) is 72.5 Å². The highest BCUT2D eigenvalue weighted by Gasteiger charge is 2.24. The van der Waals surface area contributed by atoms with Crippen LogP contribution in [0.15, 0.2) is 29.2 Å². The zero-order valence-electron chi connectivity index (χ0n) is 15.2. The smallest absolute Gasteiger partial charge is 0.330 e. The molecule has 0 aromatic heterocycles. The Morgan fingerprint density at radius 3 is 2.21 bits per heavy atom. The molecule has 0 bridgehead atoms. The molecule has 6 heteroatoms. The van der Waals surface area contributed by atoms with Crippen molar-refractivity contribution in [2.45, 2.75) is 52.5 Å². The monoisotopic (exact) mass is 353 g/mol. The van der Waals surface area contributed by atoms with Crippen molar-refractivity contribution in [1.82, 2.24) is 4.72 Å². The number of carbonyl (C=O) groups is 1. The van der Waals surface area contributed by atoms with Crippen molar-refractivity contribution in [3.8, 4) is 0 Å². The predicted octanol–water partition coefficient (Wildman–Crippen LogP) is 3.03. The van der Waals surface area contributed by atoms with E-state index >= 15 is 0 Å². The average molecular weight is 353 g/mol. The molecule has 134 valence electrons. The van der Waals surface area contributed by atoms with Crippen LogP contribution in [0.2, 0.25) is 0 Å². The van der Waals surface area contributed by atoms with Crippen molar-refractivity contribution in [3.63, 3.8) is 0 Å². The standard InChI is InChI=1S/C18H27NO4S/c1-7-23-17(20)9-8-16(12(2)3)19-24(21,22)18-14(5)10-13(4)11-15(18)6/h8-12,16,19H,7H2,1-6H3/b9-8-. The second kappa shape index (κ2) is 8.44. The van der Waals surface area contributed by atoms with Crippen LogP contribution in [0.25, 0.3) is 0 Å². The van der Waals surface area contributed by atoms with Crippen LogP contribution in [0.1, 0.15) is 37.5 Å². The van der Waals surface area contributed by atoms with Crippen LogP contribution in [0, 0.1) is 26.7 Å². The summed E-state index contributed by atoms with van der Waals surface area (Å²) >= 11 is 0. The summed E-state index contributed by atoms with van der Waals surface area (Å²) in [6, 6.07) is 3.19. The molecule has 0 saturated carbocycles. The minimum Gasteiger partial charge on any atom is -0.463 e. The maximum atomic E-state index is 12.8. The van der Waals surface area contributed by atoms with Gasteiger partial charge in [-0.05, 0) is 44.7 Å². The lowest BCUT2D eigenvalue weighted by Gasteiger charge is -2.21. The van der Waals surface area contributed by atoms with Gasteiger partial charge in [-0.3, -0.25) is 0 Å². The van der Waals surface area contributed by atoms with Gasteiger partial charge in [0.25, 0.3) is 0 Å². The van der Waals surface area contributed by atoms with Gasteiger partial charge < -0.3 is 4.74 Å². The van der Waals surface area contributed by atoms with Crippen molar-refractivity contribution in [1.29, 1.82) is 0 Å². The molecule has 1 atom stereocenters. The lowest BCUT2D eigenvalue weighted by molar-refractivity contribution is -0.137. The molecule has 0 saturated heterocycles. The van der Waals surface area contributed by atoms with E-state index in [1.54, 1.807) is 26.8 Å². The molecule has 0 heterocycles. The molecule has 0 amide bonds. The summed E-state index contributed by atoms with van der Waals surface area (Å²) in [5.41, 5.74) is 2.43. The lowest BCUT2D eigenvalue weighted by Crippen LogP contribution is -2.37. The van der Waals surface area contributed by atoms with E-state index in [0.29, 0.717) is 16.0 Å². The largest absolute Gasteiger partial charge is 0.463 e. The number of ether oxygens (including phenoxy) is 1. The molecule has 0 spiro atoms. The highest BCUT2D eigenvalue weighted by Crippen LogP contribution is 2.22. The fourth-order valence-electron chi connectivity index (χ4n) is 2.60. The van der Waals surface area contributed by atoms with Gasteiger partial charge in [-0.15, -0.1) is 0 Å². The minimum atomic E-state index is -3.70. The number of hydrogen-bond donors (Lipinski definition) is 1. The zero-order valence-corrected chi connectivity index (χ0v) is 16.0. The Hall–Kier alpha value is -1.66. The van der Waals surface area contributed by atoms with E-state index in [1.807, 2.05) is 32.9 Å². The molecule has 24 heavy (non-hydrogen) atoms. The van der Waals surface area contributed by atoms with Crippen LogP contribution in [0.5, 0.6) is 0 Å². The molecular formula is C18H27NO4S. The van der Waals surface area contributed by atoms with E-state index in [1.165, 1.54) is 6.08 Å². The Balaban J connectivity index is 3.12. The minimum absolute atomic E-state index is 0.0171. The van der Waals surface area contributed by atoms with Crippen LogP contribution >= 0.6 is 0 Å². The number of rotatable bonds is 7. The van der Waals surface area contributed by atoms with Crippen molar-refractivity contribution >= 4 is 16.0 Å². The Bertz CT molecular complexity index is 698. The first-order valence-electron chi connectivity index (χ1n) is 8.03. The van der Waals surface area contributed by atoms with Crippen LogP contribution in [-0.4, -0.2) is 27.0 Å². The van der Waals surface area contributed by atoms with E-state index in [0.717, 1.165) is 5.56 Å². The van der Waals surface area contributed by atoms with Gasteiger partial charge in [0, 0.05) is 12.1 Å². The van der Waals surface area contributed by atoms with Gasteiger partial charge >= 0.3 is 5.97 Å². The van der Waals surface area contributed by atoms with Crippen LogP contribution in [0.3, 0.4) is 0 Å². The van der Waals surface area contributed by atoms with Gasteiger partial charge in [-0.1, -0.05) is 37.6 Å². The molecular weight excluding hydrogens is 326 g/mol. The zero-order chi connectivity index (χ0) is 18.5.